The van der Waals surface area contributed by atoms with Gasteiger partial charge in [0.25, 0.3) is 5.91 Å². The molecule has 3 aliphatic rings. The highest BCUT2D eigenvalue weighted by Crippen LogP contribution is 2.38. The molecule has 2 aliphatic carbocycles. The van der Waals surface area contributed by atoms with Gasteiger partial charge in [0.15, 0.2) is 0 Å². The largest absolute Gasteiger partial charge is 0.339 e. The minimum Gasteiger partial charge on any atom is -0.339 e. The van der Waals surface area contributed by atoms with Gasteiger partial charge in [0, 0.05) is 35.5 Å². The summed E-state index contributed by atoms with van der Waals surface area (Å²) in [5.74, 6) is 1.31. The third-order valence-electron chi connectivity index (χ3n) is 8.37. The molecular formula is C32H31ClN4O. The number of benzene rings is 2. The van der Waals surface area contributed by atoms with Gasteiger partial charge in [-0.15, -0.1) is 0 Å². The summed E-state index contributed by atoms with van der Waals surface area (Å²) >= 11 is 6.17. The molecule has 1 amide bonds. The first-order chi connectivity index (χ1) is 18.6. The molecule has 5 nitrogen and oxygen atoms in total. The summed E-state index contributed by atoms with van der Waals surface area (Å²) in [6.45, 7) is 1.52. The molecule has 3 aromatic rings. The Labute approximate surface area is 228 Å². The van der Waals surface area contributed by atoms with E-state index in [1.807, 2.05) is 41.3 Å². The van der Waals surface area contributed by atoms with E-state index >= 15 is 0 Å². The van der Waals surface area contributed by atoms with E-state index in [1.54, 1.807) is 0 Å². The van der Waals surface area contributed by atoms with E-state index in [9.17, 15) is 10.1 Å². The molecule has 2 aromatic carbocycles. The highest BCUT2D eigenvalue weighted by Gasteiger charge is 2.31. The Bertz CT molecular complexity index is 1440. The van der Waals surface area contributed by atoms with Crippen LogP contribution in [0.2, 0.25) is 0 Å². The fourth-order valence-corrected chi connectivity index (χ4v) is 6.25. The van der Waals surface area contributed by atoms with E-state index in [2.05, 4.69) is 36.4 Å². The van der Waals surface area contributed by atoms with Crippen molar-refractivity contribution in [2.45, 2.75) is 50.4 Å². The fraction of sp³-hybridized carbons (Fsp3) is 0.375. The lowest BCUT2D eigenvalue weighted by atomic mass is 9.73. The van der Waals surface area contributed by atoms with E-state index in [4.69, 9.17) is 21.6 Å². The summed E-state index contributed by atoms with van der Waals surface area (Å²) in [7, 11) is 0. The topological polar surface area (TPSA) is 69.9 Å². The van der Waals surface area contributed by atoms with E-state index in [0.717, 1.165) is 79.1 Å². The van der Waals surface area contributed by atoms with E-state index < -0.39 is 0 Å². The number of rotatable bonds is 5. The Morgan fingerprint density at radius 1 is 1.05 bits per heavy atom. The molecule has 2 heterocycles. The number of nitriles is 1. The Morgan fingerprint density at radius 3 is 2.55 bits per heavy atom. The minimum absolute atomic E-state index is 0.0664. The lowest BCUT2D eigenvalue weighted by Gasteiger charge is -2.32. The molecule has 0 bridgehead atoms. The zero-order valence-corrected chi connectivity index (χ0v) is 22.1. The molecule has 1 saturated heterocycles. The molecule has 38 heavy (non-hydrogen) atoms. The Morgan fingerprint density at radius 2 is 1.84 bits per heavy atom. The number of carbonyl (C=O) groups excluding carboxylic acids is 1. The van der Waals surface area contributed by atoms with Crippen LogP contribution in [0.15, 0.2) is 71.8 Å². The van der Waals surface area contributed by atoms with Gasteiger partial charge in [-0.05, 0) is 80.2 Å². The third-order valence-corrected chi connectivity index (χ3v) is 8.65. The number of fused-ring (bicyclic) bond motifs is 1. The molecule has 0 N–H and O–H groups in total. The molecule has 1 saturated carbocycles. The van der Waals surface area contributed by atoms with Crippen molar-refractivity contribution < 1.29 is 4.79 Å². The van der Waals surface area contributed by atoms with E-state index in [-0.39, 0.29) is 17.7 Å². The third kappa shape index (κ3) is 5.11. The van der Waals surface area contributed by atoms with Gasteiger partial charge in [0.1, 0.15) is 0 Å². The first-order valence-corrected chi connectivity index (χ1v) is 14.0. The smallest absolute Gasteiger partial charge is 0.253 e. The molecule has 192 valence electrons. The number of hydrogen-bond acceptors (Lipinski definition) is 4. The summed E-state index contributed by atoms with van der Waals surface area (Å²) < 4.78 is 0. The van der Waals surface area contributed by atoms with Crippen LogP contribution in [0, 0.1) is 23.2 Å². The van der Waals surface area contributed by atoms with Crippen LogP contribution >= 0.6 is 11.6 Å². The Kier molecular flexibility index (Phi) is 7.00. The van der Waals surface area contributed by atoms with Crippen LogP contribution in [-0.4, -0.2) is 33.9 Å². The molecule has 0 radical (unpaired) electrons. The van der Waals surface area contributed by atoms with Crippen molar-refractivity contribution in [1.82, 2.24) is 14.9 Å². The molecule has 2 fully saturated rings. The van der Waals surface area contributed by atoms with Crippen LogP contribution in [0.4, 0.5) is 0 Å². The van der Waals surface area contributed by atoms with Gasteiger partial charge in [0.05, 0.1) is 28.5 Å². The summed E-state index contributed by atoms with van der Waals surface area (Å²) in [6, 6.07) is 18.7. The van der Waals surface area contributed by atoms with Crippen LogP contribution in [-0.2, 0) is 6.42 Å². The summed E-state index contributed by atoms with van der Waals surface area (Å²) in [5.41, 5.74) is 5.56. The van der Waals surface area contributed by atoms with E-state index in [0.29, 0.717) is 17.4 Å². The fourth-order valence-electron chi connectivity index (χ4n) is 6.09. The molecule has 1 aromatic heterocycles. The molecule has 6 heteroatoms. The first kappa shape index (κ1) is 24.8. The van der Waals surface area contributed by atoms with Crippen LogP contribution in [0.25, 0.3) is 11.0 Å². The maximum atomic E-state index is 13.4. The average Bonchev–Trinajstić information content (AvgIpc) is 2.94. The van der Waals surface area contributed by atoms with Gasteiger partial charge in [-0.1, -0.05) is 54.1 Å². The maximum absolute atomic E-state index is 13.4. The molecule has 1 unspecified atom stereocenters. The number of carbonyl (C=O) groups is 1. The Hall–Kier alpha value is -3.49. The van der Waals surface area contributed by atoms with Gasteiger partial charge in [-0.2, -0.15) is 5.26 Å². The second kappa shape index (κ2) is 10.7. The molecule has 6 rings (SSSR count). The summed E-state index contributed by atoms with van der Waals surface area (Å²) in [5, 5.41) is 9.97. The number of likely N-dealkylation sites (tertiary alicyclic amines) is 1. The van der Waals surface area contributed by atoms with Crippen molar-refractivity contribution in [3.63, 3.8) is 0 Å². The lowest BCUT2D eigenvalue weighted by Crippen LogP contribution is -2.37. The summed E-state index contributed by atoms with van der Waals surface area (Å²) in [4.78, 5) is 25.5. The normalized spacial score (nSPS) is 23.5. The predicted molar refractivity (Wildman–Crippen MR) is 150 cm³/mol. The SMILES string of the molecule is N#CC1CC(Cc2nc3cc(C(=O)N4CCC(c5ccccc5)CC4)ccc3nc2C2C=CC(Cl)=CC2)C1. The molecule has 1 atom stereocenters. The maximum Gasteiger partial charge on any atom is 0.253 e. The predicted octanol–water partition coefficient (Wildman–Crippen LogP) is 6.91. The van der Waals surface area contributed by atoms with Crippen molar-refractivity contribution >= 4 is 28.5 Å². The molecule has 0 spiro atoms. The Balaban J connectivity index is 1.23. The number of allylic oxidation sites excluding steroid dienone is 4. The number of hydrogen-bond donors (Lipinski definition) is 0. The standard InChI is InChI=1S/C32H31ClN4O/c33-27-9-6-25(7-10-27)31-30(18-21-16-22(17-21)20-34)35-29-19-26(8-11-28(29)36-31)32(38)37-14-12-24(13-15-37)23-4-2-1-3-5-23/h1-6,8-11,19,21-22,24-25H,7,12-18H2. The van der Waals surface area contributed by atoms with Gasteiger partial charge in [-0.25, -0.2) is 9.97 Å². The second-order valence-electron chi connectivity index (χ2n) is 10.9. The van der Waals surface area contributed by atoms with E-state index in [1.165, 1.54) is 5.56 Å². The highest BCUT2D eigenvalue weighted by atomic mass is 35.5. The molecule has 1 aliphatic heterocycles. The number of nitrogens with zero attached hydrogens (tertiary/aromatic N) is 4. The van der Waals surface area contributed by atoms with Gasteiger partial charge < -0.3 is 4.90 Å². The van der Waals surface area contributed by atoms with Crippen LogP contribution in [0.3, 0.4) is 0 Å². The number of amides is 1. The van der Waals surface area contributed by atoms with Crippen LogP contribution < -0.4 is 0 Å². The minimum atomic E-state index is 0.0664. The van der Waals surface area contributed by atoms with Gasteiger partial charge in [0.2, 0.25) is 0 Å². The van der Waals surface area contributed by atoms with Gasteiger partial charge in [-0.3, -0.25) is 4.79 Å². The van der Waals surface area contributed by atoms with Gasteiger partial charge >= 0.3 is 0 Å². The van der Waals surface area contributed by atoms with Crippen molar-refractivity contribution in [2.24, 2.45) is 11.8 Å². The van der Waals surface area contributed by atoms with Crippen molar-refractivity contribution in [3.8, 4) is 6.07 Å². The van der Waals surface area contributed by atoms with Crippen molar-refractivity contribution in [3.05, 3.63) is 94.3 Å². The number of aromatic nitrogens is 2. The zero-order chi connectivity index (χ0) is 26.1. The van der Waals surface area contributed by atoms with Crippen molar-refractivity contribution in [2.75, 3.05) is 13.1 Å². The number of halogens is 1. The highest BCUT2D eigenvalue weighted by molar-refractivity contribution is 6.31. The van der Waals surface area contributed by atoms with Crippen molar-refractivity contribution in [1.29, 1.82) is 5.26 Å². The molecular weight excluding hydrogens is 492 g/mol. The second-order valence-corrected chi connectivity index (χ2v) is 11.3. The lowest BCUT2D eigenvalue weighted by molar-refractivity contribution is 0.0713. The average molecular weight is 523 g/mol. The monoisotopic (exact) mass is 522 g/mol. The van der Waals surface area contributed by atoms with Crippen LogP contribution in [0.5, 0.6) is 0 Å². The quantitative estimate of drug-likeness (QED) is 0.365. The summed E-state index contributed by atoms with van der Waals surface area (Å²) in [6.07, 6.45) is 11.5. The zero-order valence-electron chi connectivity index (χ0n) is 21.4. The number of piperidine rings is 1. The first-order valence-electron chi connectivity index (χ1n) is 13.7. The van der Waals surface area contributed by atoms with Crippen LogP contribution in [0.1, 0.15) is 71.2 Å².